The molecular formula is C20H21ClN2NaO3S. The van der Waals surface area contributed by atoms with E-state index in [4.69, 9.17) is 11.6 Å². The van der Waals surface area contributed by atoms with Crippen molar-refractivity contribution in [3.63, 3.8) is 0 Å². The van der Waals surface area contributed by atoms with Gasteiger partial charge in [-0.1, -0.05) is 29.8 Å². The number of carbonyl (C=O) groups excluding carboxylic acids is 1. The fourth-order valence-electron chi connectivity index (χ4n) is 4.08. The van der Waals surface area contributed by atoms with Gasteiger partial charge in [0.05, 0.1) is 5.75 Å². The number of benzene rings is 2. The minimum Gasteiger partial charge on any atom is -0.307 e. The number of sulfonamides is 1. The van der Waals surface area contributed by atoms with Gasteiger partial charge in [-0.25, -0.2) is 17.9 Å². The van der Waals surface area contributed by atoms with Crippen LogP contribution in [0.25, 0.3) is 0 Å². The van der Waals surface area contributed by atoms with Crippen LogP contribution in [0, 0.1) is 0 Å². The molecule has 0 spiro atoms. The first kappa shape index (κ1) is 21.7. The maximum Gasteiger partial charge on any atom is 0.332 e. The second-order valence-corrected chi connectivity index (χ2v) is 9.33. The SMILES string of the molecule is O=C(Nc1c2c(cc3c1CCC3)CCC2)NS(=O)(=O)Cc1ccc(Cl)cc1.[Na]. The molecule has 2 aliphatic rings. The van der Waals surface area contributed by atoms with Gasteiger partial charge >= 0.3 is 6.03 Å². The number of halogens is 1. The van der Waals surface area contributed by atoms with Crippen molar-refractivity contribution < 1.29 is 13.2 Å². The van der Waals surface area contributed by atoms with Gasteiger partial charge in [-0.3, -0.25) is 0 Å². The molecule has 0 unspecified atom stereocenters. The molecule has 5 nitrogen and oxygen atoms in total. The van der Waals surface area contributed by atoms with Gasteiger partial charge < -0.3 is 5.32 Å². The van der Waals surface area contributed by atoms with E-state index in [0.29, 0.717) is 10.6 Å². The predicted molar refractivity (Wildman–Crippen MR) is 112 cm³/mol. The van der Waals surface area contributed by atoms with Crippen LogP contribution in [0.4, 0.5) is 10.5 Å². The van der Waals surface area contributed by atoms with Gasteiger partial charge in [0.1, 0.15) is 0 Å². The van der Waals surface area contributed by atoms with Crippen molar-refractivity contribution in [2.24, 2.45) is 0 Å². The molecule has 0 atom stereocenters. The summed E-state index contributed by atoms with van der Waals surface area (Å²) in [6.07, 6.45) is 6.04. The standard InChI is InChI=1S/C20H21ClN2O3S.Na/c21-16-9-7-13(8-10-16)12-27(25,26)23-20(24)22-19-17-5-1-3-14(17)11-15-4-2-6-18(15)19;/h7-11H,1-6,12H2,(H2,22,23,24);. The van der Waals surface area contributed by atoms with Crippen molar-refractivity contribution in [3.05, 3.63) is 63.2 Å². The first-order valence-corrected chi connectivity index (χ1v) is 11.2. The quantitative estimate of drug-likeness (QED) is 0.732. The Kier molecular flexibility index (Phi) is 6.77. The van der Waals surface area contributed by atoms with Gasteiger partial charge in [0.25, 0.3) is 0 Å². The van der Waals surface area contributed by atoms with E-state index in [2.05, 4.69) is 16.1 Å². The third-order valence-corrected chi connectivity index (χ3v) is 6.69. The number of fused-ring (bicyclic) bond motifs is 2. The fraction of sp³-hybridized carbons (Fsp3) is 0.350. The molecule has 2 amide bonds. The van der Waals surface area contributed by atoms with E-state index in [0.717, 1.165) is 44.2 Å². The molecule has 0 saturated heterocycles. The number of rotatable bonds is 4. The van der Waals surface area contributed by atoms with Crippen molar-refractivity contribution in [3.8, 4) is 0 Å². The largest absolute Gasteiger partial charge is 0.332 e. The van der Waals surface area contributed by atoms with Gasteiger partial charge in [0.2, 0.25) is 10.0 Å². The van der Waals surface area contributed by atoms with E-state index >= 15 is 0 Å². The molecule has 0 heterocycles. The monoisotopic (exact) mass is 427 g/mol. The van der Waals surface area contributed by atoms with Crippen LogP contribution in [0.15, 0.2) is 30.3 Å². The molecular weight excluding hydrogens is 407 g/mol. The van der Waals surface area contributed by atoms with Crippen molar-refractivity contribution in [1.82, 2.24) is 4.72 Å². The van der Waals surface area contributed by atoms with Crippen LogP contribution in [-0.4, -0.2) is 44.0 Å². The Hall–Kier alpha value is -1.05. The van der Waals surface area contributed by atoms with E-state index in [1.165, 1.54) is 22.3 Å². The van der Waals surface area contributed by atoms with E-state index in [9.17, 15) is 13.2 Å². The molecule has 0 saturated carbocycles. The molecule has 2 N–H and O–H groups in total. The third kappa shape index (κ3) is 4.74. The first-order valence-electron chi connectivity index (χ1n) is 9.14. The molecule has 0 fully saturated rings. The average molecular weight is 428 g/mol. The molecule has 2 aromatic rings. The molecule has 0 aromatic heterocycles. The first-order chi connectivity index (χ1) is 12.9. The summed E-state index contributed by atoms with van der Waals surface area (Å²) in [5.74, 6) is -0.275. The summed E-state index contributed by atoms with van der Waals surface area (Å²) >= 11 is 5.82. The van der Waals surface area contributed by atoms with Gasteiger partial charge in [0, 0.05) is 40.3 Å². The Labute approximate surface area is 192 Å². The number of amides is 2. The van der Waals surface area contributed by atoms with Crippen LogP contribution in [0.3, 0.4) is 0 Å². The Balaban J connectivity index is 0.00000225. The Morgan fingerprint density at radius 1 is 0.964 bits per heavy atom. The van der Waals surface area contributed by atoms with E-state index in [1.54, 1.807) is 24.3 Å². The summed E-state index contributed by atoms with van der Waals surface area (Å²) in [6.45, 7) is 0. The Bertz CT molecular complexity index is 975. The van der Waals surface area contributed by atoms with Crippen LogP contribution in [-0.2, 0) is 41.5 Å². The molecule has 0 bridgehead atoms. The summed E-state index contributed by atoms with van der Waals surface area (Å²) in [4.78, 5) is 12.4. The number of hydrogen-bond acceptors (Lipinski definition) is 3. The molecule has 8 heteroatoms. The second kappa shape index (κ2) is 8.76. The third-order valence-electron chi connectivity index (χ3n) is 5.23. The van der Waals surface area contributed by atoms with Gasteiger partial charge in [-0.15, -0.1) is 0 Å². The minimum atomic E-state index is -3.80. The zero-order valence-corrected chi connectivity index (χ0v) is 19.4. The van der Waals surface area contributed by atoms with Crippen LogP contribution < -0.4 is 10.0 Å². The molecule has 28 heavy (non-hydrogen) atoms. The van der Waals surface area contributed by atoms with Gasteiger partial charge in [-0.2, -0.15) is 0 Å². The molecule has 0 aliphatic heterocycles. The summed E-state index contributed by atoms with van der Waals surface area (Å²) < 4.78 is 26.8. The van der Waals surface area contributed by atoms with Crippen LogP contribution in [0.5, 0.6) is 0 Å². The van der Waals surface area contributed by atoms with E-state index in [1.807, 2.05) is 0 Å². The van der Waals surface area contributed by atoms with Gasteiger partial charge in [-0.05, 0) is 78.5 Å². The Morgan fingerprint density at radius 3 is 2.11 bits per heavy atom. The van der Waals surface area contributed by atoms with Crippen LogP contribution >= 0.6 is 11.6 Å². The summed E-state index contributed by atoms with van der Waals surface area (Å²) in [5.41, 5.74) is 6.31. The number of aryl methyl sites for hydroxylation is 2. The average Bonchev–Trinajstić information content (AvgIpc) is 3.25. The fourth-order valence-corrected chi connectivity index (χ4v) is 5.25. The van der Waals surface area contributed by atoms with Crippen molar-refractivity contribution >= 4 is 62.9 Å². The molecule has 2 aliphatic carbocycles. The van der Waals surface area contributed by atoms with Crippen LogP contribution in [0.2, 0.25) is 5.02 Å². The molecule has 143 valence electrons. The van der Waals surface area contributed by atoms with Crippen molar-refractivity contribution in [1.29, 1.82) is 0 Å². The topological polar surface area (TPSA) is 75.3 Å². The van der Waals surface area contributed by atoms with E-state index in [-0.39, 0.29) is 35.3 Å². The number of urea groups is 1. The van der Waals surface area contributed by atoms with Crippen molar-refractivity contribution in [2.75, 3.05) is 5.32 Å². The van der Waals surface area contributed by atoms with E-state index < -0.39 is 16.1 Å². The number of carbonyl (C=O) groups is 1. The smallest absolute Gasteiger partial charge is 0.307 e. The summed E-state index contributed by atoms with van der Waals surface area (Å²) in [7, 11) is -3.80. The zero-order chi connectivity index (χ0) is 19.0. The Morgan fingerprint density at radius 2 is 1.54 bits per heavy atom. The zero-order valence-electron chi connectivity index (χ0n) is 15.8. The normalized spacial score (nSPS) is 14.8. The summed E-state index contributed by atoms with van der Waals surface area (Å²) in [5, 5.41) is 3.38. The number of hydrogen-bond donors (Lipinski definition) is 2. The van der Waals surface area contributed by atoms with Crippen molar-refractivity contribution in [2.45, 2.75) is 44.3 Å². The number of anilines is 1. The number of nitrogens with one attached hydrogen (secondary N) is 2. The van der Waals surface area contributed by atoms with Crippen LogP contribution in [0.1, 0.15) is 40.7 Å². The molecule has 2 aromatic carbocycles. The minimum absolute atomic E-state index is 0. The maximum atomic E-state index is 12.4. The molecule has 4 rings (SSSR count). The second-order valence-electron chi connectivity index (χ2n) is 7.18. The molecule has 1 radical (unpaired) electrons. The summed E-state index contributed by atoms with van der Waals surface area (Å²) in [6, 6.07) is 8.10. The maximum absolute atomic E-state index is 12.4. The predicted octanol–water partition coefficient (Wildman–Crippen LogP) is 3.59. The van der Waals surface area contributed by atoms with Gasteiger partial charge in [0.15, 0.2) is 0 Å².